The third-order valence-electron chi connectivity index (χ3n) is 13.2. The quantitative estimate of drug-likeness (QED) is 0.0261. The summed E-state index contributed by atoms with van der Waals surface area (Å²) in [7, 11) is 0. The summed E-state index contributed by atoms with van der Waals surface area (Å²) in [6, 6.07) is 0. The van der Waals surface area contributed by atoms with E-state index in [1.807, 2.05) is 0 Å². The Bertz CT molecular complexity index is 1520. The molecule has 0 saturated carbocycles. The normalized spacial score (nSPS) is 12.8. The van der Waals surface area contributed by atoms with Crippen LogP contribution in [-0.2, 0) is 28.6 Å². The SMILES string of the molecule is CC/C=C\C/C=C\C/C=C\C/C=C\C/C=C\CCCCCC(=O)OC[C@H](COC(=O)CCCCCCCCCCC/C=C\C/C=C\CCCCC)OC(=O)CCCCCCCCCCC/C=C\C/C=C\CCCCC. The maximum absolute atomic E-state index is 12.9. The number of unbranched alkanes of at least 4 members (excludes halogenated alkanes) is 27. The minimum atomic E-state index is -0.799. The van der Waals surface area contributed by atoms with Gasteiger partial charge in [0.1, 0.15) is 13.2 Å². The van der Waals surface area contributed by atoms with E-state index in [9.17, 15) is 14.4 Å². The highest BCUT2D eigenvalue weighted by Crippen LogP contribution is 2.15. The Hall–Kier alpha value is -3.93. The van der Waals surface area contributed by atoms with Gasteiger partial charge >= 0.3 is 17.9 Å². The van der Waals surface area contributed by atoms with Crippen LogP contribution in [0.25, 0.3) is 0 Å². The summed E-state index contributed by atoms with van der Waals surface area (Å²) in [5.41, 5.74) is 0. The standard InChI is InChI=1S/C69H116O6/c1-4-7-10-13-16-19-22-25-28-31-34-37-40-43-46-49-52-55-58-61-67(70)73-64-66(75-69(72)63-60-57-54-51-48-45-42-39-36-33-30-27-24-21-18-15-12-9-6-3)65-74-68(71)62-59-56-53-50-47-44-41-38-35-32-29-26-23-20-17-14-11-8-5-2/h7,10,16-21,25-30,34,37,43,46,66H,4-6,8-9,11-15,22-24,31-33,35-36,38-42,44-45,47-65H2,1-3H3/b10-7-,19-16-,20-17-,21-18-,28-25-,29-26-,30-27-,37-34-,46-43-/t66-/m1/s1. The van der Waals surface area contributed by atoms with E-state index in [-0.39, 0.29) is 31.1 Å². The number of ether oxygens (including phenoxy) is 3. The molecule has 0 rings (SSSR count). The van der Waals surface area contributed by atoms with Crippen molar-refractivity contribution in [3.8, 4) is 0 Å². The van der Waals surface area contributed by atoms with Gasteiger partial charge in [-0.05, 0) is 128 Å². The Balaban J connectivity index is 4.46. The molecule has 0 saturated heterocycles. The van der Waals surface area contributed by atoms with Crippen LogP contribution in [0.2, 0.25) is 0 Å². The molecule has 0 aromatic carbocycles. The lowest BCUT2D eigenvalue weighted by atomic mass is 10.1. The second-order valence-corrected chi connectivity index (χ2v) is 20.6. The zero-order valence-electron chi connectivity index (χ0n) is 49.0. The van der Waals surface area contributed by atoms with Gasteiger partial charge in [0.05, 0.1) is 0 Å². The number of allylic oxidation sites excluding steroid dienone is 18. The largest absolute Gasteiger partial charge is 0.462 e. The highest BCUT2D eigenvalue weighted by atomic mass is 16.6. The van der Waals surface area contributed by atoms with Crippen molar-refractivity contribution >= 4 is 17.9 Å². The van der Waals surface area contributed by atoms with E-state index >= 15 is 0 Å². The van der Waals surface area contributed by atoms with Gasteiger partial charge in [-0.3, -0.25) is 14.4 Å². The maximum Gasteiger partial charge on any atom is 0.306 e. The predicted octanol–water partition coefficient (Wildman–Crippen LogP) is 21.4. The lowest BCUT2D eigenvalue weighted by Crippen LogP contribution is -2.30. The molecule has 0 radical (unpaired) electrons. The second-order valence-electron chi connectivity index (χ2n) is 20.6. The lowest BCUT2D eigenvalue weighted by Gasteiger charge is -2.18. The van der Waals surface area contributed by atoms with Crippen LogP contribution in [0.1, 0.15) is 290 Å². The third-order valence-corrected chi connectivity index (χ3v) is 13.2. The smallest absolute Gasteiger partial charge is 0.306 e. The van der Waals surface area contributed by atoms with Crippen LogP contribution in [0.5, 0.6) is 0 Å². The molecular weight excluding hydrogens is 925 g/mol. The van der Waals surface area contributed by atoms with Gasteiger partial charge in [-0.2, -0.15) is 0 Å². The molecule has 0 bridgehead atoms. The third kappa shape index (κ3) is 60.8. The number of carbonyl (C=O) groups is 3. The molecule has 6 nitrogen and oxygen atoms in total. The number of hydrogen-bond acceptors (Lipinski definition) is 6. The Labute approximate surface area is 463 Å². The summed E-state index contributed by atoms with van der Waals surface area (Å²) in [5.74, 6) is -0.928. The number of carbonyl (C=O) groups excluding carboxylic acids is 3. The van der Waals surface area contributed by atoms with E-state index in [0.29, 0.717) is 19.3 Å². The molecule has 0 amide bonds. The van der Waals surface area contributed by atoms with Crippen LogP contribution in [-0.4, -0.2) is 37.2 Å². The summed E-state index contributed by atoms with van der Waals surface area (Å²) in [6.45, 7) is 6.46. The zero-order chi connectivity index (χ0) is 54.3. The van der Waals surface area contributed by atoms with Crippen molar-refractivity contribution in [2.24, 2.45) is 0 Å². The fourth-order valence-electron chi connectivity index (χ4n) is 8.53. The zero-order valence-corrected chi connectivity index (χ0v) is 49.0. The van der Waals surface area contributed by atoms with Crippen molar-refractivity contribution in [2.75, 3.05) is 13.2 Å². The van der Waals surface area contributed by atoms with E-state index in [4.69, 9.17) is 14.2 Å². The molecule has 0 aromatic rings. The number of hydrogen-bond donors (Lipinski definition) is 0. The van der Waals surface area contributed by atoms with Gasteiger partial charge in [0.2, 0.25) is 0 Å². The molecular formula is C69H116O6. The molecule has 75 heavy (non-hydrogen) atoms. The van der Waals surface area contributed by atoms with Gasteiger partial charge in [-0.25, -0.2) is 0 Å². The van der Waals surface area contributed by atoms with Crippen LogP contribution >= 0.6 is 0 Å². The van der Waals surface area contributed by atoms with Crippen molar-refractivity contribution < 1.29 is 28.6 Å². The first kappa shape index (κ1) is 71.1. The Morgan fingerprint density at radius 3 is 0.827 bits per heavy atom. The topological polar surface area (TPSA) is 78.9 Å². The van der Waals surface area contributed by atoms with Crippen LogP contribution in [0.15, 0.2) is 109 Å². The molecule has 0 N–H and O–H groups in total. The Morgan fingerprint density at radius 1 is 0.280 bits per heavy atom. The number of rotatable bonds is 56. The van der Waals surface area contributed by atoms with Crippen molar-refractivity contribution in [1.82, 2.24) is 0 Å². The fourth-order valence-corrected chi connectivity index (χ4v) is 8.53. The minimum Gasteiger partial charge on any atom is -0.462 e. The van der Waals surface area contributed by atoms with Crippen molar-refractivity contribution in [1.29, 1.82) is 0 Å². The van der Waals surface area contributed by atoms with Gasteiger partial charge in [-0.15, -0.1) is 0 Å². The molecule has 1 atom stereocenters. The van der Waals surface area contributed by atoms with E-state index in [2.05, 4.69) is 130 Å². The average Bonchev–Trinajstić information content (AvgIpc) is 3.41. The van der Waals surface area contributed by atoms with Crippen LogP contribution in [0, 0.1) is 0 Å². The Morgan fingerprint density at radius 2 is 0.520 bits per heavy atom. The first-order valence-corrected chi connectivity index (χ1v) is 31.4. The molecule has 0 aliphatic carbocycles. The molecule has 0 fully saturated rings. The number of esters is 3. The molecule has 0 aliphatic rings. The molecule has 0 unspecified atom stereocenters. The molecule has 428 valence electrons. The van der Waals surface area contributed by atoms with Gasteiger partial charge < -0.3 is 14.2 Å². The van der Waals surface area contributed by atoms with Gasteiger partial charge in [0.15, 0.2) is 6.10 Å². The van der Waals surface area contributed by atoms with E-state index in [0.717, 1.165) is 109 Å². The minimum absolute atomic E-state index is 0.0934. The van der Waals surface area contributed by atoms with Crippen molar-refractivity contribution in [2.45, 2.75) is 297 Å². The second kappa shape index (κ2) is 62.6. The van der Waals surface area contributed by atoms with E-state index < -0.39 is 6.10 Å². The average molecular weight is 1040 g/mol. The summed E-state index contributed by atoms with van der Waals surface area (Å²) in [6.07, 6.45) is 85.1. The first-order valence-electron chi connectivity index (χ1n) is 31.4. The Kier molecular flexibility index (Phi) is 59.3. The van der Waals surface area contributed by atoms with Crippen molar-refractivity contribution in [3.05, 3.63) is 109 Å². The molecule has 0 spiro atoms. The molecule has 0 aliphatic heterocycles. The summed E-state index contributed by atoms with van der Waals surface area (Å²) >= 11 is 0. The van der Waals surface area contributed by atoms with Gasteiger partial charge in [-0.1, -0.05) is 252 Å². The molecule has 0 aromatic heterocycles. The van der Waals surface area contributed by atoms with Crippen LogP contribution in [0.3, 0.4) is 0 Å². The van der Waals surface area contributed by atoms with E-state index in [1.165, 1.54) is 141 Å². The van der Waals surface area contributed by atoms with Crippen LogP contribution in [0.4, 0.5) is 0 Å². The van der Waals surface area contributed by atoms with Gasteiger partial charge in [0.25, 0.3) is 0 Å². The highest BCUT2D eigenvalue weighted by Gasteiger charge is 2.19. The molecule has 0 heterocycles. The fraction of sp³-hybridized carbons (Fsp3) is 0.696. The summed E-state index contributed by atoms with van der Waals surface area (Å²) in [4.78, 5) is 38.3. The maximum atomic E-state index is 12.9. The van der Waals surface area contributed by atoms with Gasteiger partial charge in [0, 0.05) is 19.3 Å². The van der Waals surface area contributed by atoms with Crippen LogP contribution < -0.4 is 0 Å². The highest BCUT2D eigenvalue weighted by molar-refractivity contribution is 5.71. The first-order chi connectivity index (χ1) is 37.0. The summed E-state index contributed by atoms with van der Waals surface area (Å²) in [5, 5.41) is 0. The van der Waals surface area contributed by atoms with E-state index in [1.54, 1.807) is 0 Å². The monoisotopic (exact) mass is 1040 g/mol. The predicted molar refractivity (Wildman–Crippen MR) is 325 cm³/mol. The lowest BCUT2D eigenvalue weighted by molar-refractivity contribution is -0.167. The van der Waals surface area contributed by atoms with Crippen molar-refractivity contribution in [3.63, 3.8) is 0 Å². The summed E-state index contributed by atoms with van der Waals surface area (Å²) < 4.78 is 16.9. The molecule has 6 heteroatoms.